The van der Waals surface area contributed by atoms with Gasteiger partial charge < -0.3 is 10.6 Å². The molecule has 7 heteroatoms. The molecule has 2 N–H and O–H groups in total. The fourth-order valence-corrected chi connectivity index (χ4v) is 4.82. The number of hydrogen-bond donors (Lipinski definition) is 1. The third-order valence-corrected chi connectivity index (χ3v) is 6.01. The molecular formula is C14H18N2O3S2. The van der Waals surface area contributed by atoms with Crippen molar-refractivity contribution in [3.63, 3.8) is 0 Å². The molecular weight excluding hydrogens is 308 g/mol. The van der Waals surface area contributed by atoms with Gasteiger partial charge in [0, 0.05) is 13.6 Å². The third kappa shape index (κ3) is 4.30. The molecule has 1 unspecified atom stereocenters. The van der Waals surface area contributed by atoms with Crippen molar-refractivity contribution >= 4 is 27.1 Å². The molecule has 0 aromatic carbocycles. The molecule has 21 heavy (non-hydrogen) atoms. The average molecular weight is 326 g/mol. The van der Waals surface area contributed by atoms with Crippen molar-refractivity contribution in [2.45, 2.75) is 13.0 Å². The maximum atomic E-state index is 12.2. The van der Waals surface area contributed by atoms with Crippen molar-refractivity contribution in [1.82, 2.24) is 4.90 Å². The molecule has 1 fully saturated rings. The van der Waals surface area contributed by atoms with Gasteiger partial charge in [-0.1, -0.05) is 11.8 Å². The number of nitrogens with two attached hydrogens (primary N) is 1. The smallest absolute Gasteiger partial charge is 0.226 e. The quantitative estimate of drug-likeness (QED) is 0.818. The molecule has 0 saturated carbocycles. The van der Waals surface area contributed by atoms with E-state index in [1.807, 2.05) is 11.4 Å². The highest BCUT2D eigenvalue weighted by atomic mass is 32.2. The molecule has 0 spiro atoms. The monoisotopic (exact) mass is 326 g/mol. The standard InChI is InChI=1S/C14H18N2O3S2/c1-16(14(17)12-4-6-21(18,19)10-12)8-11-7-13(20-9-11)3-2-5-15/h7,9,12H,4-6,8,10,15H2,1H3. The lowest BCUT2D eigenvalue weighted by Crippen LogP contribution is -2.33. The molecule has 1 aromatic rings. The van der Waals surface area contributed by atoms with Crippen LogP contribution in [0.15, 0.2) is 11.4 Å². The lowest BCUT2D eigenvalue weighted by Gasteiger charge is -2.19. The number of thiophene rings is 1. The highest BCUT2D eigenvalue weighted by Gasteiger charge is 2.34. The summed E-state index contributed by atoms with van der Waals surface area (Å²) in [5, 5.41) is 1.95. The zero-order valence-electron chi connectivity index (χ0n) is 11.8. The van der Waals surface area contributed by atoms with Crippen molar-refractivity contribution in [3.05, 3.63) is 21.9 Å². The van der Waals surface area contributed by atoms with Gasteiger partial charge in [-0.25, -0.2) is 8.42 Å². The SMILES string of the molecule is CN(Cc1csc(C#CCN)c1)C(=O)C1CCS(=O)(=O)C1. The first-order valence-electron chi connectivity index (χ1n) is 6.63. The molecule has 2 rings (SSSR count). The predicted octanol–water partition coefficient (Wildman–Crippen LogP) is 0.451. The van der Waals surface area contributed by atoms with Crippen molar-refractivity contribution in [2.24, 2.45) is 11.7 Å². The molecule has 1 aliphatic rings. The summed E-state index contributed by atoms with van der Waals surface area (Å²) < 4.78 is 22.9. The Kier molecular flexibility index (Phi) is 5.04. The van der Waals surface area contributed by atoms with E-state index in [1.165, 1.54) is 11.3 Å². The summed E-state index contributed by atoms with van der Waals surface area (Å²) in [6, 6.07) is 1.93. The zero-order chi connectivity index (χ0) is 15.5. The van der Waals surface area contributed by atoms with E-state index >= 15 is 0 Å². The molecule has 5 nitrogen and oxygen atoms in total. The number of rotatable bonds is 3. The molecule has 1 amide bonds. The predicted molar refractivity (Wildman–Crippen MR) is 83.5 cm³/mol. The number of carbonyl (C=O) groups excluding carboxylic acids is 1. The van der Waals surface area contributed by atoms with Gasteiger partial charge in [0.25, 0.3) is 0 Å². The highest BCUT2D eigenvalue weighted by molar-refractivity contribution is 7.91. The molecule has 1 atom stereocenters. The summed E-state index contributed by atoms with van der Waals surface area (Å²) in [5.74, 6) is 5.35. The van der Waals surface area contributed by atoms with E-state index in [1.54, 1.807) is 11.9 Å². The Morgan fingerprint density at radius 3 is 2.95 bits per heavy atom. The molecule has 0 bridgehead atoms. The topological polar surface area (TPSA) is 80.5 Å². The van der Waals surface area contributed by atoms with Gasteiger partial charge in [0.2, 0.25) is 5.91 Å². The van der Waals surface area contributed by atoms with E-state index in [2.05, 4.69) is 11.8 Å². The Morgan fingerprint density at radius 1 is 1.57 bits per heavy atom. The fraction of sp³-hybridized carbons (Fsp3) is 0.500. The molecule has 1 saturated heterocycles. The average Bonchev–Trinajstić information content (AvgIpc) is 3.02. The van der Waals surface area contributed by atoms with Crippen LogP contribution in [0.3, 0.4) is 0 Å². The molecule has 1 aliphatic heterocycles. The summed E-state index contributed by atoms with van der Waals surface area (Å²) in [7, 11) is -1.32. The van der Waals surface area contributed by atoms with Crippen LogP contribution in [0.2, 0.25) is 0 Å². The van der Waals surface area contributed by atoms with Gasteiger partial charge >= 0.3 is 0 Å². The van der Waals surface area contributed by atoms with Crippen LogP contribution in [0.1, 0.15) is 16.9 Å². The Bertz CT molecular complexity index is 683. The van der Waals surface area contributed by atoms with Crippen LogP contribution < -0.4 is 5.73 Å². The van der Waals surface area contributed by atoms with Crippen LogP contribution in [0.4, 0.5) is 0 Å². The van der Waals surface area contributed by atoms with E-state index in [4.69, 9.17) is 5.73 Å². The van der Waals surface area contributed by atoms with Gasteiger partial charge in [-0.05, 0) is 23.4 Å². The summed E-state index contributed by atoms with van der Waals surface area (Å²) in [6.07, 6.45) is 0.433. The number of hydrogen-bond acceptors (Lipinski definition) is 5. The number of nitrogens with zero attached hydrogens (tertiary/aromatic N) is 1. The fourth-order valence-electron chi connectivity index (χ4n) is 2.32. The van der Waals surface area contributed by atoms with Crippen LogP contribution in [0.5, 0.6) is 0 Å². The van der Waals surface area contributed by atoms with Gasteiger partial charge in [0.05, 0.1) is 28.8 Å². The Balaban J connectivity index is 1.96. The first-order chi connectivity index (χ1) is 9.91. The van der Waals surface area contributed by atoms with Crippen LogP contribution in [-0.4, -0.2) is 44.3 Å². The zero-order valence-corrected chi connectivity index (χ0v) is 13.5. The maximum absolute atomic E-state index is 12.2. The third-order valence-electron chi connectivity index (χ3n) is 3.35. The Hall–Kier alpha value is -1.36. The summed E-state index contributed by atoms with van der Waals surface area (Å²) in [4.78, 5) is 14.7. The minimum Gasteiger partial charge on any atom is -0.341 e. The second kappa shape index (κ2) is 6.60. The van der Waals surface area contributed by atoms with Crippen molar-refractivity contribution < 1.29 is 13.2 Å². The molecule has 0 radical (unpaired) electrons. The summed E-state index contributed by atoms with van der Waals surface area (Å²) in [5.41, 5.74) is 6.32. The van der Waals surface area contributed by atoms with E-state index in [-0.39, 0.29) is 17.4 Å². The van der Waals surface area contributed by atoms with Crippen LogP contribution in [0, 0.1) is 17.8 Å². The van der Waals surface area contributed by atoms with Gasteiger partial charge in [-0.2, -0.15) is 0 Å². The van der Waals surface area contributed by atoms with Crippen molar-refractivity contribution in [3.8, 4) is 11.8 Å². The molecule has 2 heterocycles. The van der Waals surface area contributed by atoms with Crippen LogP contribution in [-0.2, 0) is 21.2 Å². The molecule has 114 valence electrons. The first-order valence-corrected chi connectivity index (χ1v) is 9.33. The molecule has 1 aromatic heterocycles. The van der Waals surface area contributed by atoms with E-state index in [0.29, 0.717) is 19.5 Å². The van der Waals surface area contributed by atoms with E-state index < -0.39 is 15.8 Å². The summed E-state index contributed by atoms with van der Waals surface area (Å²) >= 11 is 1.51. The number of carbonyl (C=O) groups is 1. The normalized spacial score (nSPS) is 19.8. The minimum absolute atomic E-state index is 0.0208. The van der Waals surface area contributed by atoms with Crippen molar-refractivity contribution in [1.29, 1.82) is 0 Å². The highest BCUT2D eigenvalue weighted by Crippen LogP contribution is 2.22. The van der Waals surface area contributed by atoms with Crippen molar-refractivity contribution in [2.75, 3.05) is 25.1 Å². The van der Waals surface area contributed by atoms with Gasteiger partial charge in [-0.3, -0.25) is 4.79 Å². The van der Waals surface area contributed by atoms with Gasteiger partial charge in [0.1, 0.15) is 0 Å². The minimum atomic E-state index is -3.03. The summed E-state index contributed by atoms with van der Waals surface area (Å²) in [6.45, 7) is 0.790. The second-order valence-electron chi connectivity index (χ2n) is 5.12. The number of amides is 1. The Morgan fingerprint density at radius 2 is 2.33 bits per heavy atom. The maximum Gasteiger partial charge on any atom is 0.226 e. The van der Waals surface area contributed by atoms with Gasteiger partial charge in [-0.15, -0.1) is 11.3 Å². The van der Waals surface area contributed by atoms with Crippen LogP contribution >= 0.6 is 11.3 Å². The van der Waals surface area contributed by atoms with Gasteiger partial charge in [0.15, 0.2) is 9.84 Å². The Labute approximate surface area is 129 Å². The van der Waals surface area contributed by atoms with Crippen LogP contribution in [0.25, 0.3) is 0 Å². The first kappa shape index (κ1) is 16.0. The van der Waals surface area contributed by atoms with E-state index in [9.17, 15) is 13.2 Å². The lowest BCUT2D eigenvalue weighted by molar-refractivity contribution is -0.133. The lowest BCUT2D eigenvalue weighted by atomic mass is 10.1. The number of sulfone groups is 1. The second-order valence-corrected chi connectivity index (χ2v) is 8.26. The van der Waals surface area contributed by atoms with E-state index in [0.717, 1.165) is 10.4 Å². The largest absolute Gasteiger partial charge is 0.341 e. The molecule has 0 aliphatic carbocycles.